The van der Waals surface area contributed by atoms with Crippen LogP contribution in [0, 0.1) is 5.92 Å². The lowest BCUT2D eigenvalue weighted by Crippen LogP contribution is -2.56. The number of amides is 1. The van der Waals surface area contributed by atoms with Crippen molar-refractivity contribution in [1.82, 2.24) is 10.3 Å². The minimum absolute atomic E-state index is 0.0698. The maximum absolute atomic E-state index is 13.0. The second kappa shape index (κ2) is 8.65. The third-order valence-electron chi connectivity index (χ3n) is 5.30. The van der Waals surface area contributed by atoms with Crippen LogP contribution in [-0.2, 0) is 14.3 Å². The van der Waals surface area contributed by atoms with Gasteiger partial charge in [0.2, 0.25) is 0 Å². The average molecular weight is 401 g/mol. The largest absolute Gasteiger partial charge is 0.467 e. The number of hydrogen-bond donors (Lipinski definition) is 1. The third kappa shape index (κ3) is 4.27. The predicted octanol–water partition coefficient (Wildman–Crippen LogP) is 3.12. The van der Waals surface area contributed by atoms with Crippen LogP contribution in [0.1, 0.15) is 51.7 Å². The summed E-state index contributed by atoms with van der Waals surface area (Å²) in [5.41, 5.74) is -0.319. The van der Waals surface area contributed by atoms with Crippen LogP contribution < -0.4 is 5.32 Å². The molecule has 8 nitrogen and oxygen atoms in total. The molecule has 2 aromatic rings. The summed E-state index contributed by atoms with van der Waals surface area (Å²) in [5, 5.41) is 8.97. The molecule has 2 aromatic heterocycles. The Balaban J connectivity index is 1.78. The summed E-state index contributed by atoms with van der Waals surface area (Å²) in [4.78, 5) is 25.5. The number of carbonyl (C=O) groups excluding carboxylic acids is 2. The minimum Gasteiger partial charge on any atom is -0.467 e. The van der Waals surface area contributed by atoms with E-state index in [4.69, 9.17) is 13.6 Å². The summed E-state index contributed by atoms with van der Waals surface area (Å²) in [6, 6.07) is 6.81. The second-order valence-electron chi connectivity index (χ2n) is 7.43. The van der Waals surface area contributed by atoms with Crippen molar-refractivity contribution >= 4 is 17.6 Å². The Hall–Kier alpha value is -2.87. The fourth-order valence-electron chi connectivity index (χ4n) is 3.17. The van der Waals surface area contributed by atoms with Gasteiger partial charge in [-0.05, 0) is 44.0 Å². The number of nitrogens with one attached hydrogen (secondary N) is 1. The molecule has 0 unspecified atom stereocenters. The standard InChI is InChI=1S/C21H27N3O5/c1-5-27-20(26)21(4,14(2)3)22-13-19(25)24-16(18-9-7-11-29-18)12-15(23-24)17-8-6-10-28-17/h6-11,14,16,22H,5,12-13H2,1-4H3/t16-,21+/m1/s1. The van der Waals surface area contributed by atoms with Crippen LogP contribution in [0.25, 0.3) is 0 Å². The van der Waals surface area contributed by atoms with Gasteiger partial charge < -0.3 is 13.6 Å². The molecule has 1 aliphatic heterocycles. The van der Waals surface area contributed by atoms with Crippen LogP contribution >= 0.6 is 0 Å². The van der Waals surface area contributed by atoms with E-state index in [0.717, 1.165) is 0 Å². The molecule has 8 heteroatoms. The minimum atomic E-state index is -0.987. The van der Waals surface area contributed by atoms with E-state index in [0.29, 0.717) is 23.7 Å². The molecule has 29 heavy (non-hydrogen) atoms. The van der Waals surface area contributed by atoms with E-state index in [-0.39, 0.29) is 37.0 Å². The normalized spacial score (nSPS) is 18.6. The first-order valence-corrected chi connectivity index (χ1v) is 9.75. The number of esters is 1. The van der Waals surface area contributed by atoms with Gasteiger partial charge in [0, 0.05) is 6.42 Å². The van der Waals surface area contributed by atoms with Crippen LogP contribution in [0.2, 0.25) is 0 Å². The van der Waals surface area contributed by atoms with Gasteiger partial charge in [0.05, 0.1) is 25.7 Å². The van der Waals surface area contributed by atoms with Crippen LogP contribution in [0.3, 0.4) is 0 Å². The zero-order chi connectivity index (χ0) is 21.0. The van der Waals surface area contributed by atoms with Crippen molar-refractivity contribution in [2.75, 3.05) is 13.2 Å². The zero-order valence-corrected chi connectivity index (χ0v) is 17.2. The smallest absolute Gasteiger partial charge is 0.326 e. The van der Waals surface area contributed by atoms with Gasteiger partial charge in [0.15, 0.2) is 0 Å². The first-order chi connectivity index (χ1) is 13.9. The molecule has 1 aliphatic rings. The molecule has 0 saturated heterocycles. The highest BCUT2D eigenvalue weighted by atomic mass is 16.5. The van der Waals surface area contributed by atoms with E-state index in [1.54, 1.807) is 44.6 Å². The Bertz CT molecular complexity index is 857. The van der Waals surface area contributed by atoms with Gasteiger partial charge in [-0.15, -0.1) is 0 Å². The van der Waals surface area contributed by atoms with E-state index in [1.165, 1.54) is 5.01 Å². The molecule has 0 saturated carbocycles. The lowest BCUT2D eigenvalue weighted by molar-refractivity contribution is -0.152. The number of carbonyl (C=O) groups is 2. The van der Waals surface area contributed by atoms with E-state index in [9.17, 15) is 9.59 Å². The molecule has 156 valence electrons. The summed E-state index contributed by atoms with van der Waals surface area (Å²) in [5.74, 6) is 0.524. The molecule has 0 aliphatic carbocycles. The fourth-order valence-corrected chi connectivity index (χ4v) is 3.17. The van der Waals surface area contributed by atoms with Gasteiger partial charge in [-0.3, -0.25) is 14.9 Å². The Kier molecular flexibility index (Phi) is 6.22. The molecule has 1 N–H and O–H groups in total. The van der Waals surface area contributed by atoms with Crippen LogP contribution in [0.5, 0.6) is 0 Å². The highest BCUT2D eigenvalue weighted by Crippen LogP contribution is 2.33. The van der Waals surface area contributed by atoms with Crippen LogP contribution in [0.4, 0.5) is 0 Å². The highest BCUT2D eigenvalue weighted by Gasteiger charge is 2.40. The van der Waals surface area contributed by atoms with Gasteiger partial charge in [-0.2, -0.15) is 5.10 Å². The number of hydrazone groups is 1. The first kappa shape index (κ1) is 20.9. The van der Waals surface area contributed by atoms with Crippen molar-refractivity contribution in [3.8, 4) is 0 Å². The quantitative estimate of drug-likeness (QED) is 0.683. The Morgan fingerprint density at radius 2 is 2.03 bits per heavy atom. The van der Waals surface area contributed by atoms with Crippen molar-refractivity contribution in [1.29, 1.82) is 0 Å². The van der Waals surface area contributed by atoms with Crippen molar-refractivity contribution < 1.29 is 23.2 Å². The molecule has 0 spiro atoms. The molecule has 0 radical (unpaired) electrons. The number of furan rings is 2. The van der Waals surface area contributed by atoms with Gasteiger partial charge in [0.1, 0.15) is 28.8 Å². The van der Waals surface area contributed by atoms with E-state index >= 15 is 0 Å². The topological polar surface area (TPSA) is 97.3 Å². The summed E-state index contributed by atoms with van der Waals surface area (Å²) < 4.78 is 16.2. The van der Waals surface area contributed by atoms with Crippen molar-refractivity contribution in [2.24, 2.45) is 11.0 Å². The maximum Gasteiger partial charge on any atom is 0.326 e. The lowest BCUT2D eigenvalue weighted by Gasteiger charge is -2.32. The highest BCUT2D eigenvalue weighted by molar-refractivity contribution is 6.01. The molecule has 3 rings (SSSR count). The molecule has 2 atom stereocenters. The molecule has 0 fully saturated rings. The summed E-state index contributed by atoms with van der Waals surface area (Å²) >= 11 is 0. The van der Waals surface area contributed by atoms with E-state index in [1.807, 2.05) is 19.9 Å². The van der Waals surface area contributed by atoms with E-state index < -0.39 is 5.54 Å². The number of ether oxygens (including phenoxy) is 1. The van der Waals surface area contributed by atoms with Crippen molar-refractivity contribution in [3.05, 3.63) is 48.3 Å². The Morgan fingerprint density at radius 1 is 1.31 bits per heavy atom. The average Bonchev–Trinajstić information content (AvgIpc) is 3.45. The number of rotatable bonds is 8. The number of hydrogen-bond acceptors (Lipinski definition) is 7. The summed E-state index contributed by atoms with van der Waals surface area (Å²) in [6.07, 6.45) is 3.61. The number of nitrogens with zero attached hydrogens (tertiary/aromatic N) is 2. The van der Waals surface area contributed by atoms with Crippen molar-refractivity contribution in [3.63, 3.8) is 0 Å². The van der Waals surface area contributed by atoms with Gasteiger partial charge in [-0.1, -0.05) is 13.8 Å². The molecular weight excluding hydrogens is 374 g/mol. The van der Waals surface area contributed by atoms with Crippen LogP contribution in [-0.4, -0.2) is 41.3 Å². The third-order valence-corrected chi connectivity index (χ3v) is 5.30. The molecule has 3 heterocycles. The predicted molar refractivity (Wildman–Crippen MR) is 106 cm³/mol. The molecule has 0 bridgehead atoms. The molecular formula is C21H27N3O5. The molecule has 0 aromatic carbocycles. The van der Waals surface area contributed by atoms with Gasteiger partial charge in [-0.25, -0.2) is 5.01 Å². The van der Waals surface area contributed by atoms with Gasteiger partial charge >= 0.3 is 5.97 Å². The zero-order valence-electron chi connectivity index (χ0n) is 17.2. The fraction of sp³-hybridized carbons (Fsp3) is 0.476. The Morgan fingerprint density at radius 3 is 2.62 bits per heavy atom. The monoisotopic (exact) mass is 401 g/mol. The SMILES string of the molecule is CCOC(=O)[C@@](C)(NCC(=O)N1N=C(c2ccco2)C[C@@H]1c1ccco1)C(C)C. The maximum atomic E-state index is 13.0. The Labute approximate surface area is 169 Å². The second-order valence-corrected chi connectivity index (χ2v) is 7.43. The van der Waals surface area contributed by atoms with Crippen LogP contribution in [0.15, 0.2) is 50.7 Å². The first-order valence-electron chi connectivity index (χ1n) is 9.75. The van der Waals surface area contributed by atoms with Crippen molar-refractivity contribution in [2.45, 2.75) is 45.7 Å². The lowest BCUT2D eigenvalue weighted by atomic mass is 9.88. The van der Waals surface area contributed by atoms with E-state index in [2.05, 4.69) is 10.4 Å². The summed E-state index contributed by atoms with van der Waals surface area (Å²) in [6.45, 7) is 7.52. The molecule has 1 amide bonds. The summed E-state index contributed by atoms with van der Waals surface area (Å²) in [7, 11) is 0. The van der Waals surface area contributed by atoms with Gasteiger partial charge in [0.25, 0.3) is 5.91 Å².